The number of fused-ring (bicyclic) bond motifs is 5. The molecule has 5 rings (SSSR count). The number of nitrogens with one attached hydrogen (secondary N) is 1. The molecule has 1 N–H and O–H groups in total. The lowest BCUT2D eigenvalue weighted by Gasteiger charge is -2.58. The van der Waals surface area contributed by atoms with Gasteiger partial charge in [0.15, 0.2) is 0 Å². The SMILES string of the molecule is CN1C(=O)CC[C@@]2(C)C1=CC[C@@H]1[C@H]2CC[C@]2(C)C(C(=O)Nc3ccc(F)cc3)CC[C@@H]12. The predicted octanol–water partition coefficient (Wildman–Crippen LogP) is 5.37. The van der Waals surface area contributed by atoms with Crippen LogP contribution in [0.15, 0.2) is 36.0 Å². The van der Waals surface area contributed by atoms with Crippen molar-refractivity contribution in [3.8, 4) is 0 Å². The molecule has 1 aromatic carbocycles. The Kier molecular flexibility index (Phi) is 4.80. The van der Waals surface area contributed by atoms with Crippen LogP contribution in [0.25, 0.3) is 0 Å². The Bertz CT molecular complexity index is 941. The van der Waals surface area contributed by atoms with Gasteiger partial charge in [-0.1, -0.05) is 19.9 Å². The van der Waals surface area contributed by atoms with Crippen molar-refractivity contribution in [1.82, 2.24) is 4.90 Å². The van der Waals surface area contributed by atoms with Gasteiger partial charge in [0, 0.05) is 36.2 Å². The van der Waals surface area contributed by atoms with E-state index in [1.165, 1.54) is 17.8 Å². The molecule has 0 spiro atoms. The quantitative estimate of drug-likeness (QED) is 0.694. The highest BCUT2D eigenvalue weighted by atomic mass is 19.1. The molecule has 0 aromatic heterocycles. The van der Waals surface area contributed by atoms with E-state index in [1.807, 2.05) is 11.9 Å². The van der Waals surface area contributed by atoms with Gasteiger partial charge in [0.05, 0.1) is 0 Å². The van der Waals surface area contributed by atoms with Crippen molar-refractivity contribution in [2.45, 2.75) is 58.8 Å². The summed E-state index contributed by atoms with van der Waals surface area (Å²) in [4.78, 5) is 27.4. The zero-order valence-electron chi connectivity index (χ0n) is 18.8. The Labute approximate surface area is 184 Å². The van der Waals surface area contributed by atoms with Crippen LogP contribution in [-0.4, -0.2) is 23.8 Å². The maximum Gasteiger partial charge on any atom is 0.228 e. The number of anilines is 1. The standard InChI is InChI=1S/C26H33FN2O2/c1-25-14-12-20-18(8-11-22-26(20,2)15-13-23(30)29(22)3)19(25)9-10-21(25)24(31)28-17-6-4-16(27)5-7-17/h4-7,11,18-21H,8-10,12-15H2,1-3H3,(H,28,31)/t18-,19-,20+,21?,25-,26+/m0/s1. The second-order valence-corrected chi connectivity index (χ2v) is 10.7. The van der Waals surface area contributed by atoms with Gasteiger partial charge in [-0.05, 0) is 86.0 Å². The summed E-state index contributed by atoms with van der Waals surface area (Å²) in [7, 11) is 1.93. The molecule has 3 fully saturated rings. The number of benzene rings is 1. The third-order valence-electron chi connectivity index (χ3n) is 9.45. The lowest BCUT2D eigenvalue weighted by Crippen LogP contribution is -2.54. The fourth-order valence-electron chi connectivity index (χ4n) is 7.77. The summed E-state index contributed by atoms with van der Waals surface area (Å²) in [6.07, 6.45) is 9.11. The van der Waals surface area contributed by atoms with E-state index in [1.54, 1.807) is 12.1 Å². The van der Waals surface area contributed by atoms with E-state index in [0.29, 0.717) is 29.9 Å². The normalized spacial score (nSPS) is 39.3. The first-order valence-corrected chi connectivity index (χ1v) is 11.8. The zero-order chi connectivity index (χ0) is 22.0. The fraction of sp³-hybridized carbons (Fsp3) is 0.615. The monoisotopic (exact) mass is 424 g/mol. The Morgan fingerprint density at radius 2 is 1.84 bits per heavy atom. The predicted molar refractivity (Wildman–Crippen MR) is 118 cm³/mol. The molecule has 5 heteroatoms. The summed E-state index contributed by atoms with van der Waals surface area (Å²) < 4.78 is 13.2. The van der Waals surface area contributed by atoms with Gasteiger partial charge in [-0.25, -0.2) is 4.39 Å². The number of carbonyl (C=O) groups excluding carboxylic acids is 2. The van der Waals surface area contributed by atoms with E-state index in [-0.39, 0.29) is 34.4 Å². The molecule has 6 atom stereocenters. The molecule has 1 aromatic rings. The second-order valence-electron chi connectivity index (χ2n) is 10.7. The number of amides is 2. The molecule has 1 heterocycles. The molecule has 4 aliphatic rings. The first-order valence-electron chi connectivity index (χ1n) is 11.8. The summed E-state index contributed by atoms with van der Waals surface area (Å²) in [5, 5.41) is 3.04. The molecule has 1 unspecified atom stereocenters. The molecule has 1 saturated heterocycles. The van der Waals surface area contributed by atoms with Crippen LogP contribution in [0.3, 0.4) is 0 Å². The van der Waals surface area contributed by atoms with Gasteiger partial charge in [0.2, 0.25) is 11.8 Å². The third-order valence-corrected chi connectivity index (χ3v) is 9.45. The summed E-state index contributed by atoms with van der Waals surface area (Å²) in [6.45, 7) is 4.70. The summed E-state index contributed by atoms with van der Waals surface area (Å²) >= 11 is 0. The Morgan fingerprint density at radius 3 is 2.58 bits per heavy atom. The van der Waals surface area contributed by atoms with Crippen LogP contribution in [-0.2, 0) is 9.59 Å². The van der Waals surface area contributed by atoms with Crippen LogP contribution in [0.2, 0.25) is 0 Å². The van der Waals surface area contributed by atoms with Gasteiger partial charge >= 0.3 is 0 Å². The molecule has 0 bridgehead atoms. The highest BCUT2D eigenvalue weighted by Crippen LogP contribution is 2.66. The maximum absolute atomic E-state index is 13.2. The van der Waals surface area contributed by atoms with Crippen LogP contribution in [0.4, 0.5) is 10.1 Å². The van der Waals surface area contributed by atoms with Crippen LogP contribution in [0.5, 0.6) is 0 Å². The second kappa shape index (κ2) is 7.18. The molecule has 0 radical (unpaired) electrons. The minimum atomic E-state index is -0.294. The van der Waals surface area contributed by atoms with E-state index in [4.69, 9.17) is 0 Å². The zero-order valence-corrected chi connectivity index (χ0v) is 18.8. The smallest absolute Gasteiger partial charge is 0.228 e. The van der Waals surface area contributed by atoms with Gasteiger partial charge in [0.1, 0.15) is 5.82 Å². The van der Waals surface area contributed by atoms with Crippen LogP contribution >= 0.6 is 0 Å². The number of piperidine rings is 1. The molecule has 2 amide bonds. The lowest BCUT2D eigenvalue weighted by atomic mass is 9.49. The lowest BCUT2D eigenvalue weighted by molar-refractivity contribution is -0.137. The van der Waals surface area contributed by atoms with E-state index in [9.17, 15) is 14.0 Å². The summed E-state index contributed by atoms with van der Waals surface area (Å²) in [5.41, 5.74) is 1.97. The van der Waals surface area contributed by atoms with E-state index < -0.39 is 0 Å². The maximum atomic E-state index is 13.2. The Hall–Kier alpha value is -2.17. The molecule has 3 aliphatic carbocycles. The average Bonchev–Trinajstić information content (AvgIpc) is 3.10. The number of hydrogen-bond donors (Lipinski definition) is 1. The highest BCUT2D eigenvalue weighted by molar-refractivity contribution is 5.93. The van der Waals surface area contributed by atoms with Crippen molar-refractivity contribution in [2.24, 2.45) is 34.5 Å². The molecule has 166 valence electrons. The highest BCUT2D eigenvalue weighted by Gasteiger charge is 2.60. The van der Waals surface area contributed by atoms with Crippen molar-refractivity contribution in [3.63, 3.8) is 0 Å². The van der Waals surface area contributed by atoms with E-state index in [0.717, 1.165) is 38.5 Å². The molecule has 1 aliphatic heterocycles. The van der Waals surface area contributed by atoms with Crippen molar-refractivity contribution >= 4 is 17.5 Å². The molecular formula is C26H33FN2O2. The van der Waals surface area contributed by atoms with Crippen molar-refractivity contribution < 1.29 is 14.0 Å². The first kappa shape index (κ1) is 20.7. The summed E-state index contributed by atoms with van der Waals surface area (Å²) in [5.74, 6) is 1.72. The van der Waals surface area contributed by atoms with E-state index in [2.05, 4.69) is 25.2 Å². The Morgan fingerprint density at radius 1 is 1.10 bits per heavy atom. The van der Waals surface area contributed by atoms with E-state index >= 15 is 0 Å². The van der Waals surface area contributed by atoms with Crippen molar-refractivity contribution in [3.05, 3.63) is 41.9 Å². The summed E-state index contributed by atoms with van der Waals surface area (Å²) in [6, 6.07) is 6.04. The van der Waals surface area contributed by atoms with Crippen molar-refractivity contribution in [1.29, 1.82) is 0 Å². The number of allylic oxidation sites excluding steroid dienone is 2. The molecule has 31 heavy (non-hydrogen) atoms. The average molecular weight is 425 g/mol. The number of likely N-dealkylation sites (tertiary alicyclic amines) is 1. The van der Waals surface area contributed by atoms with Gasteiger partial charge < -0.3 is 10.2 Å². The number of hydrogen-bond acceptors (Lipinski definition) is 2. The van der Waals surface area contributed by atoms with Crippen LogP contribution < -0.4 is 5.32 Å². The molecule has 4 nitrogen and oxygen atoms in total. The minimum absolute atomic E-state index is 0.00251. The Balaban J connectivity index is 1.38. The number of halogens is 1. The van der Waals surface area contributed by atoms with Gasteiger partial charge in [-0.2, -0.15) is 0 Å². The third kappa shape index (κ3) is 3.07. The van der Waals surface area contributed by atoms with Crippen molar-refractivity contribution in [2.75, 3.05) is 12.4 Å². The first-order chi connectivity index (χ1) is 14.7. The molecular weight excluding hydrogens is 391 g/mol. The van der Waals surface area contributed by atoms with Crippen LogP contribution in [0, 0.1) is 40.3 Å². The topological polar surface area (TPSA) is 49.4 Å². The van der Waals surface area contributed by atoms with Crippen LogP contribution in [0.1, 0.15) is 58.8 Å². The van der Waals surface area contributed by atoms with Gasteiger partial charge in [0.25, 0.3) is 0 Å². The largest absolute Gasteiger partial charge is 0.326 e. The van der Waals surface area contributed by atoms with Gasteiger partial charge in [-0.3, -0.25) is 9.59 Å². The minimum Gasteiger partial charge on any atom is -0.326 e. The number of carbonyl (C=O) groups is 2. The number of nitrogens with zero attached hydrogens (tertiary/aromatic N) is 1. The fourth-order valence-corrected chi connectivity index (χ4v) is 7.77. The van der Waals surface area contributed by atoms with Gasteiger partial charge in [-0.15, -0.1) is 0 Å². The number of rotatable bonds is 2. The molecule has 2 saturated carbocycles.